The SMILES string of the molecule is Cc1ccc(-c2cc3nc(CN)cn3c(C)n2)cc1. The van der Waals surface area contributed by atoms with Crippen LogP contribution in [-0.4, -0.2) is 14.4 Å². The minimum Gasteiger partial charge on any atom is -0.325 e. The fourth-order valence-corrected chi connectivity index (χ4v) is 2.16. The minimum absolute atomic E-state index is 0.445. The van der Waals surface area contributed by atoms with Crippen molar-refractivity contribution in [3.8, 4) is 11.3 Å². The molecular formula is C15H16N4. The summed E-state index contributed by atoms with van der Waals surface area (Å²) in [6.07, 6.45) is 1.94. The van der Waals surface area contributed by atoms with Crippen LogP contribution in [0.3, 0.4) is 0 Å². The summed E-state index contributed by atoms with van der Waals surface area (Å²) < 4.78 is 1.97. The highest BCUT2D eigenvalue weighted by atomic mass is 15.1. The number of aromatic nitrogens is 3. The van der Waals surface area contributed by atoms with Crippen molar-refractivity contribution in [2.75, 3.05) is 0 Å². The summed E-state index contributed by atoms with van der Waals surface area (Å²) in [6, 6.07) is 10.3. The Balaban J connectivity index is 2.17. The molecule has 0 saturated heterocycles. The van der Waals surface area contributed by atoms with Gasteiger partial charge in [-0.3, -0.25) is 4.40 Å². The number of hydrogen-bond donors (Lipinski definition) is 1. The van der Waals surface area contributed by atoms with Crippen molar-refractivity contribution in [1.82, 2.24) is 14.4 Å². The van der Waals surface area contributed by atoms with E-state index in [4.69, 9.17) is 5.73 Å². The quantitative estimate of drug-likeness (QED) is 0.762. The van der Waals surface area contributed by atoms with Gasteiger partial charge >= 0.3 is 0 Å². The number of hydrogen-bond acceptors (Lipinski definition) is 3. The molecule has 0 bridgehead atoms. The Bertz CT molecular complexity index is 726. The van der Waals surface area contributed by atoms with E-state index in [9.17, 15) is 0 Å². The van der Waals surface area contributed by atoms with Crippen LogP contribution in [0.1, 0.15) is 17.1 Å². The fraction of sp³-hybridized carbons (Fsp3) is 0.200. The molecule has 4 heteroatoms. The average Bonchev–Trinajstić information content (AvgIpc) is 2.83. The van der Waals surface area contributed by atoms with E-state index >= 15 is 0 Å². The van der Waals surface area contributed by atoms with Crippen LogP contribution in [0, 0.1) is 13.8 Å². The van der Waals surface area contributed by atoms with E-state index in [0.717, 1.165) is 28.4 Å². The predicted molar refractivity (Wildman–Crippen MR) is 75.8 cm³/mol. The van der Waals surface area contributed by atoms with Gasteiger partial charge < -0.3 is 5.73 Å². The largest absolute Gasteiger partial charge is 0.325 e. The maximum atomic E-state index is 5.63. The Morgan fingerprint density at radius 3 is 2.53 bits per heavy atom. The smallest absolute Gasteiger partial charge is 0.140 e. The zero-order chi connectivity index (χ0) is 13.4. The molecule has 0 amide bonds. The molecule has 0 atom stereocenters. The van der Waals surface area contributed by atoms with Gasteiger partial charge in [-0.15, -0.1) is 0 Å². The second-order valence-electron chi connectivity index (χ2n) is 4.72. The van der Waals surface area contributed by atoms with E-state index < -0.39 is 0 Å². The van der Waals surface area contributed by atoms with Crippen LogP contribution < -0.4 is 5.73 Å². The molecule has 0 radical (unpaired) electrons. The van der Waals surface area contributed by atoms with Gasteiger partial charge in [0.15, 0.2) is 0 Å². The van der Waals surface area contributed by atoms with E-state index in [1.54, 1.807) is 0 Å². The van der Waals surface area contributed by atoms with Crippen LogP contribution in [0.2, 0.25) is 0 Å². The molecule has 3 aromatic rings. The maximum Gasteiger partial charge on any atom is 0.140 e. The van der Waals surface area contributed by atoms with Crippen LogP contribution >= 0.6 is 0 Å². The minimum atomic E-state index is 0.445. The Morgan fingerprint density at radius 2 is 1.84 bits per heavy atom. The van der Waals surface area contributed by atoms with Gasteiger partial charge in [0, 0.05) is 24.4 Å². The lowest BCUT2D eigenvalue weighted by Crippen LogP contribution is -1.96. The van der Waals surface area contributed by atoms with Crippen LogP contribution in [0.4, 0.5) is 0 Å². The van der Waals surface area contributed by atoms with Crippen molar-refractivity contribution in [3.05, 3.63) is 53.6 Å². The van der Waals surface area contributed by atoms with E-state index in [1.807, 2.05) is 23.6 Å². The van der Waals surface area contributed by atoms with Crippen molar-refractivity contribution in [2.24, 2.45) is 5.73 Å². The molecule has 0 aliphatic carbocycles. The first-order chi connectivity index (χ1) is 9.17. The molecule has 96 valence electrons. The van der Waals surface area contributed by atoms with Gasteiger partial charge in [-0.05, 0) is 13.8 Å². The maximum absolute atomic E-state index is 5.63. The van der Waals surface area contributed by atoms with E-state index in [-0.39, 0.29) is 0 Å². The molecule has 4 nitrogen and oxygen atoms in total. The first kappa shape index (κ1) is 11.9. The third-order valence-electron chi connectivity index (χ3n) is 3.24. The Labute approximate surface area is 111 Å². The first-order valence-corrected chi connectivity index (χ1v) is 6.30. The third kappa shape index (κ3) is 2.11. The standard InChI is InChI=1S/C15H16N4/c1-10-3-5-12(6-4-10)14-7-15-18-13(8-16)9-19(15)11(2)17-14/h3-7,9H,8,16H2,1-2H3. The molecule has 1 aromatic carbocycles. The van der Waals surface area contributed by atoms with Crippen LogP contribution in [0.5, 0.6) is 0 Å². The van der Waals surface area contributed by atoms with Crippen molar-refractivity contribution in [2.45, 2.75) is 20.4 Å². The summed E-state index contributed by atoms with van der Waals surface area (Å²) >= 11 is 0. The van der Waals surface area contributed by atoms with Crippen molar-refractivity contribution in [3.63, 3.8) is 0 Å². The average molecular weight is 252 g/mol. The highest BCUT2D eigenvalue weighted by Crippen LogP contribution is 2.20. The summed E-state index contributed by atoms with van der Waals surface area (Å²) in [5.41, 5.74) is 10.7. The number of nitrogens with two attached hydrogens (primary N) is 1. The lowest BCUT2D eigenvalue weighted by atomic mass is 10.1. The van der Waals surface area contributed by atoms with Crippen molar-refractivity contribution in [1.29, 1.82) is 0 Å². The Hall–Kier alpha value is -2.20. The molecule has 0 aliphatic heterocycles. The van der Waals surface area contributed by atoms with Gasteiger partial charge in [-0.1, -0.05) is 29.8 Å². The van der Waals surface area contributed by atoms with Gasteiger partial charge in [0.25, 0.3) is 0 Å². The summed E-state index contributed by atoms with van der Waals surface area (Å²) in [6.45, 7) is 4.50. The lowest BCUT2D eigenvalue weighted by Gasteiger charge is -2.05. The lowest BCUT2D eigenvalue weighted by molar-refractivity contribution is 0.981. The molecular weight excluding hydrogens is 236 g/mol. The fourth-order valence-electron chi connectivity index (χ4n) is 2.16. The van der Waals surface area contributed by atoms with E-state index in [1.165, 1.54) is 5.56 Å². The zero-order valence-electron chi connectivity index (χ0n) is 11.1. The number of rotatable bonds is 2. The summed E-state index contributed by atoms with van der Waals surface area (Å²) in [7, 11) is 0. The van der Waals surface area contributed by atoms with Crippen LogP contribution in [0.15, 0.2) is 36.5 Å². The molecule has 0 saturated carbocycles. The van der Waals surface area contributed by atoms with Crippen LogP contribution in [-0.2, 0) is 6.54 Å². The molecule has 0 unspecified atom stereocenters. The number of nitrogens with zero attached hydrogens (tertiary/aromatic N) is 3. The van der Waals surface area contributed by atoms with E-state index in [0.29, 0.717) is 6.54 Å². The second kappa shape index (κ2) is 4.48. The summed E-state index contributed by atoms with van der Waals surface area (Å²) in [5, 5.41) is 0. The molecule has 19 heavy (non-hydrogen) atoms. The number of imidazole rings is 1. The molecule has 0 fully saturated rings. The topological polar surface area (TPSA) is 56.2 Å². The molecule has 0 spiro atoms. The molecule has 3 rings (SSSR count). The van der Waals surface area contributed by atoms with Crippen molar-refractivity contribution < 1.29 is 0 Å². The number of benzene rings is 1. The Morgan fingerprint density at radius 1 is 1.11 bits per heavy atom. The Kier molecular flexibility index (Phi) is 2.80. The highest BCUT2D eigenvalue weighted by Gasteiger charge is 2.07. The summed E-state index contributed by atoms with van der Waals surface area (Å²) in [4.78, 5) is 9.12. The van der Waals surface area contributed by atoms with Crippen molar-refractivity contribution >= 4 is 5.65 Å². The number of fused-ring (bicyclic) bond motifs is 1. The van der Waals surface area contributed by atoms with Gasteiger partial charge in [0.1, 0.15) is 11.5 Å². The zero-order valence-corrected chi connectivity index (χ0v) is 11.1. The van der Waals surface area contributed by atoms with Gasteiger partial charge in [-0.25, -0.2) is 9.97 Å². The first-order valence-electron chi connectivity index (χ1n) is 6.30. The summed E-state index contributed by atoms with van der Waals surface area (Å²) in [5.74, 6) is 0.917. The normalized spacial score (nSPS) is 11.1. The van der Waals surface area contributed by atoms with E-state index in [2.05, 4.69) is 41.2 Å². The third-order valence-corrected chi connectivity index (χ3v) is 3.24. The van der Waals surface area contributed by atoms with Gasteiger partial charge in [-0.2, -0.15) is 0 Å². The highest BCUT2D eigenvalue weighted by molar-refractivity contribution is 5.64. The molecule has 2 aromatic heterocycles. The van der Waals surface area contributed by atoms with Crippen LogP contribution in [0.25, 0.3) is 16.9 Å². The molecule has 0 aliphatic rings. The monoisotopic (exact) mass is 252 g/mol. The predicted octanol–water partition coefficient (Wildman–Crippen LogP) is 2.47. The molecule has 2 heterocycles. The molecule has 2 N–H and O–H groups in total. The van der Waals surface area contributed by atoms with Gasteiger partial charge in [0.05, 0.1) is 11.4 Å². The number of aryl methyl sites for hydroxylation is 2. The van der Waals surface area contributed by atoms with Gasteiger partial charge in [0.2, 0.25) is 0 Å². The second-order valence-corrected chi connectivity index (χ2v) is 4.72.